The topological polar surface area (TPSA) is 111 Å². The number of amides is 1. The van der Waals surface area contributed by atoms with Crippen molar-refractivity contribution >= 4 is 17.3 Å². The van der Waals surface area contributed by atoms with E-state index >= 15 is 0 Å². The number of carbonyl (C=O) groups excluding carboxylic acids is 1. The number of nitrogens with zero attached hydrogens (tertiary/aromatic N) is 2. The fourth-order valence-corrected chi connectivity index (χ4v) is 2.15. The Morgan fingerprint density at radius 1 is 1.30 bits per heavy atom. The van der Waals surface area contributed by atoms with Gasteiger partial charge in [0.05, 0.1) is 10.5 Å². The first-order valence-corrected chi connectivity index (χ1v) is 7.29. The number of aryl methyl sites for hydroxylation is 1. The number of non-ortho nitro benzene ring substituents is 1. The van der Waals surface area contributed by atoms with Gasteiger partial charge in [-0.3, -0.25) is 19.9 Å². The Morgan fingerprint density at radius 2 is 2.13 bits per heavy atom. The van der Waals surface area contributed by atoms with Gasteiger partial charge in [0, 0.05) is 36.8 Å². The first kappa shape index (κ1) is 16.4. The van der Waals surface area contributed by atoms with Gasteiger partial charge in [0.1, 0.15) is 0 Å². The molecule has 3 N–H and O–H groups in total. The number of anilines is 1. The molecule has 0 saturated heterocycles. The molecule has 0 aliphatic heterocycles. The first-order valence-electron chi connectivity index (χ1n) is 7.29. The molecule has 1 heterocycles. The maximum absolute atomic E-state index is 12.0. The van der Waals surface area contributed by atoms with Gasteiger partial charge in [0.15, 0.2) is 0 Å². The summed E-state index contributed by atoms with van der Waals surface area (Å²) in [5.74, 6) is -0.396. The number of rotatable bonds is 7. The van der Waals surface area contributed by atoms with Crippen LogP contribution in [0.25, 0.3) is 0 Å². The molecule has 0 aliphatic carbocycles. The molecule has 0 unspecified atom stereocenters. The number of nitro groups is 1. The van der Waals surface area contributed by atoms with E-state index in [1.54, 1.807) is 6.20 Å². The van der Waals surface area contributed by atoms with Gasteiger partial charge < -0.3 is 11.1 Å². The number of aromatic nitrogens is 1. The van der Waals surface area contributed by atoms with Crippen LogP contribution in [0.2, 0.25) is 0 Å². The number of hydrogen-bond donors (Lipinski definition) is 2. The Kier molecular flexibility index (Phi) is 5.62. The van der Waals surface area contributed by atoms with Crippen LogP contribution in [0.3, 0.4) is 0 Å². The minimum Gasteiger partial charge on any atom is -0.398 e. The number of pyridine rings is 1. The predicted octanol–water partition coefficient (Wildman–Crippen LogP) is 2.32. The van der Waals surface area contributed by atoms with Crippen molar-refractivity contribution < 1.29 is 9.72 Å². The summed E-state index contributed by atoms with van der Waals surface area (Å²) in [5.41, 5.74) is 7.07. The molecule has 7 nitrogen and oxygen atoms in total. The Hall–Kier alpha value is -2.96. The van der Waals surface area contributed by atoms with E-state index in [9.17, 15) is 14.9 Å². The Labute approximate surface area is 133 Å². The molecule has 2 aromatic rings. The van der Waals surface area contributed by atoms with Crippen molar-refractivity contribution in [3.05, 3.63) is 64.0 Å². The minimum absolute atomic E-state index is 0.131. The van der Waals surface area contributed by atoms with Gasteiger partial charge in [0.2, 0.25) is 0 Å². The van der Waals surface area contributed by atoms with Gasteiger partial charge in [0.25, 0.3) is 11.6 Å². The van der Waals surface area contributed by atoms with E-state index in [1.165, 1.54) is 18.2 Å². The third-order valence-electron chi connectivity index (χ3n) is 3.39. The van der Waals surface area contributed by atoms with E-state index in [4.69, 9.17) is 5.73 Å². The third-order valence-corrected chi connectivity index (χ3v) is 3.39. The lowest BCUT2D eigenvalue weighted by molar-refractivity contribution is -0.384. The molecule has 1 aromatic heterocycles. The third kappa shape index (κ3) is 4.77. The molecule has 0 saturated carbocycles. The summed E-state index contributed by atoms with van der Waals surface area (Å²) in [6.45, 7) is 0.487. The van der Waals surface area contributed by atoms with Crippen LogP contribution in [0, 0.1) is 10.1 Å². The fourth-order valence-electron chi connectivity index (χ4n) is 2.15. The van der Waals surface area contributed by atoms with Gasteiger partial charge in [-0.15, -0.1) is 0 Å². The zero-order valence-corrected chi connectivity index (χ0v) is 12.6. The molecule has 0 radical (unpaired) electrons. The van der Waals surface area contributed by atoms with Gasteiger partial charge in [-0.1, -0.05) is 6.07 Å². The lowest BCUT2D eigenvalue weighted by Crippen LogP contribution is -2.25. The lowest BCUT2D eigenvalue weighted by Gasteiger charge is -2.07. The second-order valence-corrected chi connectivity index (χ2v) is 5.10. The van der Waals surface area contributed by atoms with Crippen LogP contribution in [0.5, 0.6) is 0 Å². The highest BCUT2D eigenvalue weighted by atomic mass is 16.6. The highest BCUT2D eigenvalue weighted by molar-refractivity contribution is 5.99. The monoisotopic (exact) mass is 314 g/mol. The molecular formula is C16H18N4O3. The predicted molar refractivity (Wildman–Crippen MR) is 87.0 cm³/mol. The van der Waals surface area contributed by atoms with Crippen LogP contribution in [-0.2, 0) is 6.42 Å². The van der Waals surface area contributed by atoms with E-state index in [0.717, 1.165) is 24.8 Å². The number of benzene rings is 1. The van der Waals surface area contributed by atoms with Crippen molar-refractivity contribution in [1.82, 2.24) is 10.3 Å². The molecule has 0 spiro atoms. The van der Waals surface area contributed by atoms with Crippen molar-refractivity contribution in [3.63, 3.8) is 0 Å². The highest BCUT2D eigenvalue weighted by Gasteiger charge is 2.14. The zero-order chi connectivity index (χ0) is 16.7. The smallest absolute Gasteiger partial charge is 0.270 e. The number of nitrogen functional groups attached to an aromatic ring is 1. The summed E-state index contributed by atoms with van der Waals surface area (Å²) in [5, 5.41) is 13.5. The summed E-state index contributed by atoms with van der Waals surface area (Å²) in [6.07, 6.45) is 6.16. The van der Waals surface area contributed by atoms with E-state index in [1.807, 2.05) is 18.3 Å². The van der Waals surface area contributed by atoms with E-state index in [0.29, 0.717) is 6.54 Å². The standard InChI is InChI=1S/C16H18N4O3/c17-15-7-6-13(20(22)23)10-14(15)16(21)19-9-2-1-4-12-5-3-8-18-11-12/h3,5-8,10-11H,1-2,4,9,17H2,(H,19,21). The van der Waals surface area contributed by atoms with E-state index < -0.39 is 10.8 Å². The van der Waals surface area contributed by atoms with Crippen LogP contribution < -0.4 is 11.1 Å². The molecule has 0 bridgehead atoms. The number of hydrogen-bond acceptors (Lipinski definition) is 5. The summed E-state index contributed by atoms with van der Waals surface area (Å²) in [7, 11) is 0. The first-order chi connectivity index (χ1) is 11.1. The molecule has 0 atom stereocenters. The Morgan fingerprint density at radius 3 is 2.83 bits per heavy atom. The van der Waals surface area contributed by atoms with Crippen LogP contribution >= 0.6 is 0 Å². The minimum atomic E-state index is -0.551. The van der Waals surface area contributed by atoms with Crippen molar-refractivity contribution in [1.29, 1.82) is 0 Å². The van der Waals surface area contributed by atoms with Gasteiger partial charge >= 0.3 is 0 Å². The molecule has 1 aromatic carbocycles. The molecule has 7 heteroatoms. The van der Waals surface area contributed by atoms with Crippen LogP contribution in [0.15, 0.2) is 42.7 Å². The average molecular weight is 314 g/mol. The SMILES string of the molecule is Nc1ccc([N+](=O)[O-])cc1C(=O)NCCCCc1cccnc1. The molecule has 1 amide bonds. The summed E-state index contributed by atoms with van der Waals surface area (Å²) in [6, 6.07) is 7.74. The molecule has 0 fully saturated rings. The summed E-state index contributed by atoms with van der Waals surface area (Å²) < 4.78 is 0. The summed E-state index contributed by atoms with van der Waals surface area (Å²) in [4.78, 5) is 26.3. The highest BCUT2D eigenvalue weighted by Crippen LogP contribution is 2.19. The van der Waals surface area contributed by atoms with E-state index in [2.05, 4.69) is 10.3 Å². The molecule has 23 heavy (non-hydrogen) atoms. The number of carbonyl (C=O) groups is 1. The Balaban J connectivity index is 1.81. The van der Waals surface area contributed by atoms with Crippen LogP contribution in [-0.4, -0.2) is 22.4 Å². The van der Waals surface area contributed by atoms with Gasteiger partial charge in [-0.05, 0) is 37.0 Å². The average Bonchev–Trinajstić information content (AvgIpc) is 2.55. The van der Waals surface area contributed by atoms with E-state index in [-0.39, 0.29) is 16.9 Å². The lowest BCUT2D eigenvalue weighted by atomic mass is 10.1. The maximum Gasteiger partial charge on any atom is 0.270 e. The van der Waals surface area contributed by atoms with Crippen molar-refractivity contribution in [2.75, 3.05) is 12.3 Å². The Bertz CT molecular complexity index is 689. The number of nitrogens with one attached hydrogen (secondary N) is 1. The number of nitrogens with two attached hydrogens (primary N) is 1. The molecule has 2 rings (SSSR count). The second-order valence-electron chi connectivity index (χ2n) is 5.10. The van der Waals surface area contributed by atoms with Crippen LogP contribution in [0.1, 0.15) is 28.8 Å². The van der Waals surface area contributed by atoms with Gasteiger partial charge in [-0.2, -0.15) is 0 Å². The number of unbranched alkanes of at least 4 members (excludes halogenated alkanes) is 1. The zero-order valence-electron chi connectivity index (χ0n) is 12.6. The number of nitro benzene ring substituents is 1. The molecule has 120 valence electrons. The van der Waals surface area contributed by atoms with Crippen molar-refractivity contribution in [3.8, 4) is 0 Å². The molecule has 0 aliphatic rings. The normalized spacial score (nSPS) is 10.3. The second kappa shape index (κ2) is 7.88. The fraction of sp³-hybridized carbons (Fsp3) is 0.250. The quantitative estimate of drug-likeness (QED) is 0.352. The van der Waals surface area contributed by atoms with Crippen molar-refractivity contribution in [2.45, 2.75) is 19.3 Å². The largest absolute Gasteiger partial charge is 0.398 e. The van der Waals surface area contributed by atoms with Crippen molar-refractivity contribution in [2.24, 2.45) is 0 Å². The summed E-state index contributed by atoms with van der Waals surface area (Å²) >= 11 is 0. The molecular weight excluding hydrogens is 296 g/mol. The van der Waals surface area contributed by atoms with Gasteiger partial charge in [-0.25, -0.2) is 0 Å². The maximum atomic E-state index is 12.0. The van der Waals surface area contributed by atoms with Crippen LogP contribution in [0.4, 0.5) is 11.4 Å².